The third kappa shape index (κ3) is 22.0. The highest BCUT2D eigenvalue weighted by molar-refractivity contribution is 4.64. The molecule has 2 radical (unpaired) electrons. The summed E-state index contributed by atoms with van der Waals surface area (Å²) in [6.07, 6.45) is 30.8. The summed E-state index contributed by atoms with van der Waals surface area (Å²) >= 11 is 0. The van der Waals surface area contributed by atoms with Gasteiger partial charge in [0.25, 0.3) is 0 Å². The molecule has 23 heavy (non-hydrogen) atoms. The van der Waals surface area contributed by atoms with Crippen molar-refractivity contribution in [2.45, 2.75) is 135 Å². The van der Waals surface area contributed by atoms with Crippen molar-refractivity contribution in [3.8, 4) is 0 Å². The van der Waals surface area contributed by atoms with Crippen LogP contribution < -0.4 is 0 Å². The number of hydrogen-bond acceptors (Lipinski definition) is 0. The molecule has 0 N–H and O–H groups in total. The molecule has 0 atom stereocenters. The van der Waals surface area contributed by atoms with Crippen molar-refractivity contribution in [2.24, 2.45) is 0 Å². The lowest BCUT2D eigenvalue weighted by Gasteiger charge is -2.03. The van der Waals surface area contributed by atoms with E-state index in [1.807, 2.05) is 0 Å². The van der Waals surface area contributed by atoms with E-state index in [1.165, 1.54) is 122 Å². The van der Waals surface area contributed by atoms with E-state index in [0.717, 1.165) is 6.42 Å². The molecule has 0 saturated carbocycles. The first-order chi connectivity index (χ1) is 11.4. The monoisotopic (exact) mass is 322 g/mol. The number of unbranched alkanes of at least 4 members (excludes halogenated alkanes) is 20. The minimum Gasteiger partial charge on any atom is -0.0654 e. The molecule has 0 heterocycles. The molecule has 0 aromatic rings. The van der Waals surface area contributed by atoms with Crippen molar-refractivity contribution < 1.29 is 0 Å². The summed E-state index contributed by atoms with van der Waals surface area (Å²) in [6, 6.07) is 0. The average molecular weight is 323 g/mol. The van der Waals surface area contributed by atoms with Gasteiger partial charge in [0.2, 0.25) is 0 Å². The highest BCUT2D eigenvalue weighted by Crippen LogP contribution is 2.14. The van der Waals surface area contributed by atoms with Gasteiger partial charge in [0.1, 0.15) is 0 Å². The van der Waals surface area contributed by atoms with Crippen molar-refractivity contribution >= 4 is 0 Å². The van der Waals surface area contributed by atoms with Gasteiger partial charge < -0.3 is 0 Å². The quantitative estimate of drug-likeness (QED) is 0.196. The van der Waals surface area contributed by atoms with Crippen LogP contribution in [0.1, 0.15) is 135 Å². The molecular formula is C23H46. The van der Waals surface area contributed by atoms with Crippen LogP contribution in [-0.2, 0) is 0 Å². The molecule has 0 saturated heterocycles. The van der Waals surface area contributed by atoms with E-state index in [9.17, 15) is 0 Å². The van der Waals surface area contributed by atoms with Gasteiger partial charge in [-0.15, -0.1) is 0 Å². The third-order valence-corrected chi connectivity index (χ3v) is 4.92. The minimum absolute atomic E-state index is 1.09. The lowest BCUT2D eigenvalue weighted by molar-refractivity contribution is 0.528. The lowest BCUT2D eigenvalue weighted by atomic mass is 10.0. The summed E-state index contributed by atoms with van der Waals surface area (Å²) in [4.78, 5) is 0. The molecule has 0 aromatic carbocycles. The van der Waals surface area contributed by atoms with Gasteiger partial charge in [-0.3, -0.25) is 0 Å². The van der Waals surface area contributed by atoms with Gasteiger partial charge >= 0.3 is 0 Å². The topological polar surface area (TPSA) is 0 Å². The van der Waals surface area contributed by atoms with Gasteiger partial charge in [0.05, 0.1) is 0 Å². The van der Waals surface area contributed by atoms with Gasteiger partial charge in [-0.25, -0.2) is 0 Å². The molecule has 0 nitrogen and oxygen atoms in total. The van der Waals surface area contributed by atoms with Gasteiger partial charge in [-0.05, 0) is 6.42 Å². The van der Waals surface area contributed by atoms with Crippen LogP contribution in [0.25, 0.3) is 0 Å². The smallest absolute Gasteiger partial charge is 0.0386 e. The van der Waals surface area contributed by atoms with Crippen LogP contribution in [0.15, 0.2) is 0 Å². The summed E-state index contributed by atoms with van der Waals surface area (Å²) in [7, 11) is 0. The zero-order valence-electron chi connectivity index (χ0n) is 16.4. The van der Waals surface area contributed by atoms with Gasteiger partial charge in [0, 0.05) is 0 Å². The molecular weight excluding hydrogens is 276 g/mol. The van der Waals surface area contributed by atoms with E-state index in [1.54, 1.807) is 0 Å². The maximum atomic E-state index is 3.88. The van der Waals surface area contributed by atoms with Gasteiger partial charge in [0.15, 0.2) is 0 Å². The highest BCUT2D eigenvalue weighted by Gasteiger charge is 1.95. The van der Waals surface area contributed by atoms with E-state index >= 15 is 0 Å². The van der Waals surface area contributed by atoms with Crippen LogP contribution in [0.3, 0.4) is 0 Å². The molecule has 0 heteroatoms. The molecule has 0 bridgehead atoms. The Morgan fingerprint density at radius 1 is 0.478 bits per heavy atom. The molecule has 0 aliphatic heterocycles. The van der Waals surface area contributed by atoms with Crippen LogP contribution in [0, 0.1) is 13.3 Å². The first-order valence-corrected chi connectivity index (χ1v) is 11.0. The maximum absolute atomic E-state index is 3.88. The Labute approximate surface area is 149 Å². The van der Waals surface area contributed by atoms with E-state index < -0.39 is 0 Å². The van der Waals surface area contributed by atoms with Gasteiger partial charge in [-0.2, -0.15) is 0 Å². The third-order valence-electron chi connectivity index (χ3n) is 4.92. The fourth-order valence-corrected chi connectivity index (χ4v) is 3.27. The van der Waals surface area contributed by atoms with Crippen LogP contribution in [0.2, 0.25) is 0 Å². The summed E-state index contributed by atoms with van der Waals surface area (Å²) in [5.41, 5.74) is 0. The van der Waals surface area contributed by atoms with Crippen molar-refractivity contribution in [2.75, 3.05) is 0 Å². The number of hydrogen-bond donors (Lipinski definition) is 0. The standard InChI is InChI=1S/C23H46/c1-3-5-7-9-11-13-15-17-19-21-23-22-20-18-16-14-12-10-8-6-4-2/h9H,1,3-8,10-23H2,2H3. The Morgan fingerprint density at radius 2 is 0.826 bits per heavy atom. The first kappa shape index (κ1) is 23.0. The second kappa shape index (κ2) is 22.0. The largest absolute Gasteiger partial charge is 0.0654 e. The summed E-state index contributed by atoms with van der Waals surface area (Å²) in [6.45, 7) is 6.18. The van der Waals surface area contributed by atoms with Crippen molar-refractivity contribution in [1.82, 2.24) is 0 Å². The van der Waals surface area contributed by atoms with Crippen molar-refractivity contribution in [1.29, 1.82) is 0 Å². The molecule has 0 spiro atoms. The van der Waals surface area contributed by atoms with E-state index in [4.69, 9.17) is 0 Å². The van der Waals surface area contributed by atoms with E-state index in [-0.39, 0.29) is 0 Å². The van der Waals surface area contributed by atoms with Gasteiger partial charge in [-0.1, -0.05) is 142 Å². The second-order valence-corrected chi connectivity index (χ2v) is 7.38. The molecule has 0 aromatic heterocycles. The normalized spacial score (nSPS) is 11.2. The second-order valence-electron chi connectivity index (χ2n) is 7.38. The minimum atomic E-state index is 1.09. The summed E-state index contributed by atoms with van der Waals surface area (Å²) in [5.74, 6) is 0. The Balaban J connectivity index is 2.92. The Morgan fingerprint density at radius 3 is 1.22 bits per heavy atom. The first-order valence-electron chi connectivity index (χ1n) is 11.0. The zero-order valence-corrected chi connectivity index (χ0v) is 16.4. The highest BCUT2D eigenvalue weighted by atomic mass is 14.0. The van der Waals surface area contributed by atoms with Crippen LogP contribution in [0.5, 0.6) is 0 Å². The number of rotatable bonds is 20. The van der Waals surface area contributed by atoms with Crippen LogP contribution in [-0.4, -0.2) is 0 Å². The summed E-state index contributed by atoms with van der Waals surface area (Å²) in [5, 5.41) is 0. The van der Waals surface area contributed by atoms with Crippen molar-refractivity contribution in [3.63, 3.8) is 0 Å². The van der Waals surface area contributed by atoms with Crippen molar-refractivity contribution in [3.05, 3.63) is 13.3 Å². The molecule has 138 valence electrons. The Hall–Kier alpha value is 0. The molecule has 0 rings (SSSR count). The SMILES string of the molecule is [CH2]CCC[CH]CCCCCCCCCCCCCCCCCC. The zero-order chi connectivity index (χ0) is 16.8. The fraction of sp³-hybridized carbons (Fsp3) is 0.913. The van der Waals surface area contributed by atoms with E-state index in [2.05, 4.69) is 20.3 Å². The predicted octanol–water partition coefficient (Wildman–Crippen LogP) is 8.85. The van der Waals surface area contributed by atoms with E-state index in [0.29, 0.717) is 0 Å². The average Bonchev–Trinajstić information content (AvgIpc) is 2.57. The maximum Gasteiger partial charge on any atom is -0.0386 e. The Bertz CT molecular complexity index is 164. The lowest BCUT2D eigenvalue weighted by Crippen LogP contribution is -1.84. The predicted molar refractivity (Wildman–Crippen MR) is 108 cm³/mol. The molecule has 0 fully saturated rings. The summed E-state index contributed by atoms with van der Waals surface area (Å²) < 4.78 is 0. The molecule has 0 aliphatic rings. The Kier molecular flexibility index (Phi) is 22.0. The van der Waals surface area contributed by atoms with Crippen LogP contribution in [0.4, 0.5) is 0 Å². The molecule has 0 unspecified atom stereocenters. The fourth-order valence-electron chi connectivity index (χ4n) is 3.27. The van der Waals surface area contributed by atoms with Crippen LogP contribution >= 0.6 is 0 Å². The molecule has 0 aliphatic carbocycles. The molecule has 0 amide bonds.